The van der Waals surface area contributed by atoms with Crippen LogP contribution in [0.3, 0.4) is 0 Å². The van der Waals surface area contributed by atoms with Crippen molar-refractivity contribution in [3.8, 4) is 0 Å². The Morgan fingerprint density at radius 1 is 0.618 bits per heavy atom. The van der Waals surface area contributed by atoms with Gasteiger partial charge in [0.25, 0.3) is 0 Å². The van der Waals surface area contributed by atoms with Crippen LogP contribution in [0.2, 0.25) is 0 Å². The van der Waals surface area contributed by atoms with E-state index in [-0.39, 0.29) is 12.0 Å². The van der Waals surface area contributed by atoms with Crippen molar-refractivity contribution in [1.82, 2.24) is 5.32 Å². The molecule has 34 heavy (non-hydrogen) atoms. The first-order valence-corrected chi connectivity index (χ1v) is 13.4. The minimum absolute atomic E-state index is 0.106. The number of hydrogen-bond donors (Lipinski definition) is 1. The van der Waals surface area contributed by atoms with Crippen molar-refractivity contribution in [3.05, 3.63) is 0 Å². The van der Waals surface area contributed by atoms with Crippen LogP contribution in [-0.2, 0) is 33.2 Å². The molecule has 0 rings (SSSR count). The normalized spacial score (nSPS) is 12.4. The third kappa shape index (κ3) is 27.5. The molecule has 0 saturated carbocycles. The molecule has 0 aliphatic heterocycles. The monoisotopic (exact) mass is 491 g/mol. The maximum absolute atomic E-state index is 11.8. The van der Waals surface area contributed by atoms with Crippen molar-refractivity contribution < 1.29 is 33.2 Å². The lowest BCUT2D eigenvalue weighted by molar-refractivity contribution is -0.121. The fourth-order valence-corrected chi connectivity index (χ4v) is 2.95. The molecule has 0 spiro atoms. The third-order valence-corrected chi connectivity index (χ3v) is 5.14. The first-order valence-electron chi connectivity index (χ1n) is 13.4. The average molecular weight is 492 g/mol. The van der Waals surface area contributed by atoms with E-state index in [1.165, 1.54) is 19.3 Å². The van der Waals surface area contributed by atoms with Gasteiger partial charge in [0.1, 0.15) is 0 Å². The number of nitrogens with one attached hydrogen (secondary N) is 1. The van der Waals surface area contributed by atoms with Crippen LogP contribution in [0.5, 0.6) is 0 Å². The predicted octanol–water partition coefficient (Wildman–Crippen LogP) is 4.14. The second-order valence-electron chi connectivity index (χ2n) is 8.68. The van der Waals surface area contributed by atoms with Crippen LogP contribution >= 0.6 is 0 Å². The zero-order valence-corrected chi connectivity index (χ0v) is 22.4. The highest BCUT2D eigenvalue weighted by molar-refractivity contribution is 5.75. The lowest BCUT2D eigenvalue weighted by Gasteiger charge is -2.11. The van der Waals surface area contributed by atoms with Gasteiger partial charge in [-0.2, -0.15) is 0 Å². The quantitative estimate of drug-likeness (QED) is 0.173. The Labute approximate surface area is 208 Å². The molecule has 0 aliphatic rings. The van der Waals surface area contributed by atoms with Gasteiger partial charge >= 0.3 is 0 Å². The van der Waals surface area contributed by atoms with E-state index < -0.39 is 0 Å². The summed E-state index contributed by atoms with van der Waals surface area (Å²) in [4.78, 5) is 11.8. The van der Waals surface area contributed by atoms with Crippen molar-refractivity contribution in [1.29, 1.82) is 0 Å². The summed E-state index contributed by atoms with van der Waals surface area (Å²) >= 11 is 0. The maximum atomic E-state index is 11.8. The van der Waals surface area contributed by atoms with Crippen molar-refractivity contribution in [3.63, 3.8) is 0 Å². The van der Waals surface area contributed by atoms with Crippen LogP contribution in [0.25, 0.3) is 0 Å². The van der Waals surface area contributed by atoms with E-state index >= 15 is 0 Å². The average Bonchev–Trinajstić information content (AvgIpc) is 2.82. The topological polar surface area (TPSA) is 84.5 Å². The predicted molar refractivity (Wildman–Crippen MR) is 135 cm³/mol. The van der Waals surface area contributed by atoms with Gasteiger partial charge in [-0.05, 0) is 40.0 Å². The fourth-order valence-electron chi connectivity index (χ4n) is 2.95. The van der Waals surface area contributed by atoms with Crippen molar-refractivity contribution in [2.45, 2.75) is 91.3 Å². The summed E-state index contributed by atoms with van der Waals surface area (Å²) in [5, 5.41) is 2.90. The number of unbranched alkanes of at least 4 members (excludes halogenated alkanes) is 5. The fraction of sp³-hybridized carbons (Fsp3) is 0.962. The lowest BCUT2D eigenvalue weighted by Crippen LogP contribution is -2.27. The molecule has 0 radical (unpaired) electrons. The Balaban J connectivity index is 3.16. The van der Waals surface area contributed by atoms with Gasteiger partial charge in [0.05, 0.1) is 71.7 Å². The largest absolute Gasteiger partial charge is 0.379 e. The molecule has 0 aromatic carbocycles. The number of hydrogen-bond acceptors (Lipinski definition) is 7. The van der Waals surface area contributed by atoms with Gasteiger partial charge in [-0.1, -0.05) is 32.6 Å². The molecule has 8 heteroatoms. The van der Waals surface area contributed by atoms with Gasteiger partial charge in [-0.15, -0.1) is 0 Å². The van der Waals surface area contributed by atoms with E-state index in [0.717, 1.165) is 32.3 Å². The van der Waals surface area contributed by atoms with Gasteiger partial charge in [-0.3, -0.25) is 4.79 Å². The van der Waals surface area contributed by atoms with Crippen molar-refractivity contribution in [2.75, 3.05) is 72.6 Å². The van der Waals surface area contributed by atoms with Gasteiger partial charge in [-0.25, -0.2) is 0 Å². The van der Waals surface area contributed by atoms with Crippen LogP contribution in [0, 0.1) is 0 Å². The molecule has 0 aromatic heterocycles. The summed E-state index contributed by atoms with van der Waals surface area (Å²) < 4.78 is 32.9. The van der Waals surface area contributed by atoms with E-state index in [1.54, 1.807) is 0 Å². The molecule has 0 bridgehead atoms. The molecule has 0 saturated heterocycles. The van der Waals surface area contributed by atoms with E-state index in [2.05, 4.69) is 33.0 Å². The number of amides is 1. The van der Waals surface area contributed by atoms with E-state index in [4.69, 9.17) is 28.4 Å². The minimum Gasteiger partial charge on any atom is -0.379 e. The summed E-state index contributed by atoms with van der Waals surface area (Å²) in [6.07, 6.45) is 9.01. The molecular weight excluding hydrogens is 438 g/mol. The Hall–Kier alpha value is -0.770. The first-order chi connectivity index (χ1) is 16.6. The molecule has 0 heterocycles. The van der Waals surface area contributed by atoms with Crippen molar-refractivity contribution in [2.24, 2.45) is 0 Å². The SMILES string of the molecule is CCC(C)OCCOCCOCCOCCOCCNC(=O)CCCCCCCCOC(C)C. The highest BCUT2D eigenvalue weighted by atomic mass is 16.6. The maximum Gasteiger partial charge on any atom is 0.220 e. The Bertz CT molecular complexity index is 424. The molecule has 204 valence electrons. The second-order valence-corrected chi connectivity index (χ2v) is 8.68. The summed E-state index contributed by atoms with van der Waals surface area (Å²) in [5.74, 6) is 0.106. The third-order valence-electron chi connectivity index (χ3n) is 5.14. The highest BCUT2D eigenvalue weighted by Crippen LogP contribution is 2.07. The van der Waals surface area contributed by atoms with Gasteiger partial charge in [0, 0.05) is 19.6 Å². The Morgan fingerprint density at radius 3 is 1.68 bits per heavy atom. The minimum atomic E-state index is 0.106. The molecule has 1 amide bonds. The summed E-state index contributed by atoms with van der Waals surface area (Å²) in [6.45, 7) is 14.6. The zero-order valence-electron chi connectivity index (χ0n) is 22.4. The Morgan fingerprint density at radius 2 is 1.12 bits per heavy atom. The van der Waals surface area contributed by atoms with Gasteiger partial charge in [0.15, 0.2) is 0 Å². The summed E-state index contributed by atoms with van der Waals surface area (Å²) in [7, 11) is 0. The molecule has 1 atom stereocenters. The van der Waals surface area contributed by atoms with Gasteiger partial charge < -0.3 is 33.7 Å². The van der Waals surface area contributed by atoms with Crippen LogP contribution in [0.1, 0.15) is 79.1 Å². The van der Waals surface area contributed by atoms with Gasteiger partial charge in [0.2, 0.25) is 5.91 Å². The number of carbonyl (C=O) groups excluding carboxylic acids is 1. The number of ether oxygens (including phenoxy) is 6. The summed E-state index contributed by atoms with van der Waals surface area (Å²) in [5.41, 5.74) is 0. The van der Waals surface area contributed by atoms with E-state index in [9.17, 15) is 4.79 Å². The molecular formula is C26H53NO7. The number of carbonyl (C=O) groups is 1. The number of rotatable bonds is 27. The van der Waals surface area contributed by atoms with Crippen LogP contribution < -0.4 is 5.32 Å². The van der Waals surface area contributed by atoms with Crippen LogP contribution in [0.15, 0.2) is 0 Å². The van der Waals surface area contributed by atoms with Crippen molar-refractivity contribution >= 4 is 5.91 Å². The van der Waals surface area contributed by atoms with E-state index in [1.807, 2.05) is 0 Å². The standard InChI is InChI=1S/C26H53NO7/c1-5-25(4)34-23-22-32-21-20-31-19-18-30-17-16-29-15-13-27-26(28)12-10-8-6-7-9-11-14-33-24(2)3/h24-25H,5-23H2,1-4H3,(H,27,28). The highest BCUT2D eigenvalue weighted by Gasteiger charge is 2.01. The zero-order chi connectivity index (χ0) is 25.1. The second kappa shape index (κ2) is 26.8. The molecule has 0 aromatic rings. The molecule has 0 aliphatic carbocycles. The molecule has 0 fully saturated rings. The Kier molecular flexibility index (Phi) is 26.2. The van der Waals surface area contributed by atoms with Crippen LogP contribution in [0.4, 0.5) is 0 Å². The molecule has 8 nitrogen and oxygen atoms in total. The first kappa shape index (κ1) is 33.2. The molecule has 1 unspecified atom stereocenters. The summed E-state index contributed by atoms with van der Waals surface area (Å²) in [6, 6.07) is 0. The molecule has 1 N–H and O–H groups in total. The lowest BCUT2D eigenvalue weighted by atomic mass is 10.1. The van der Waals surface area contributed by atoms with Crippen LogP contribution in [-0.4, -0.2) is 90.7 Å². The smallest absolute Gasteiger partial charge is 0.220 e. The van der Waals surface area contributed by atoms with E-state index in [0.29, 0.717) is 78.5 Å².